The number of carbonyl (C=O) groups excluding carboxylic acids is 7. The molecule has 29 heteroatoms. The second-order valence-corrected chi connectivity index (χ2v) is 36.2. The minimum absolute atomic E-state index is 0.0214. The molecule has 8 aliphatic rings. The Labute approximate surface area is 794 Å². The van der Waals surface area contributed by atoms with Crippen molar-refractivity contribution in [2.75, 3.05) is 115 Å². The zero-order valence-corrected chi connectivity index (χ0v) is 76.2. The van der Waals surface area contributed by atoms with Crippen LogP contribution in [0.25, 0.3) is 32.3 Å². The Hall–Kier alpha value is -15.1. The number of piperidine rings is 2. The number of ether oxygens (including phenoxy) is 1. The molecular weight excluding hydrogens is 1820 g/mol. The Morgan fingerprint density at radius 1 is 0.365 bits per heavy atom. The Morgan fingerprint density at radius 3 is 1.15 bits per heavy atom. The molecule has 13 aromatic carbocycles. The van der Waals surface area contributed by atoms with Gasteiger partial charge in [-0.05, 0) is 209 Å². The molecule has 2 unspecified atom stereocenters. The minimum atomic E-state index is -0.751. The van der Waals surface area contributed by atoms with E-state index in [1.165, 1.54) is 23.1 Å². The maximum atomic E-state index is 15.4. The number of amides is 7. The molecule has 690 valence electrons. The third-order valence-electron chi connectivity index (χ3n) is 26.6. The molecule has 5 saturated heterocycles. The van der Waals surface area contributed by atoms with Crippen LogP contribution in [0.15, 0.2) is 224 Å². The second kappa shape index (κ2) is 40.2. The highest BCUT2D eigenvalue weighted by atomic mass is 79.9. The number of imide groups is 2. The fourth-order valence-electron chi connectivity index (χ4n) is 19.4. The number of nitrogens with one attached hydrogen (secondary N) is 3. The number of piperazine rings is 3. The minimum Gasteiger partial charge on any atom is -0.497 e. The van der Waals surface area contributed by atoms with E-state index in [9.17, 15) is 46.7 Å². The lowest BCUT2D eigenvalue weighted by Crippen LogP contribution is -2.53. The molecule has 13 aromatic rings. The number of methoxy groups -OCH3 is 1. The molecule has 7 amide bonds. The summed E-state index contributed by atoms with van der Waals surface area (Å²) in [5, 5.41) is 39.9. The first-order valence-electron chi connectivity index (χ1n) is 45.3. The van der Waals surface area contributed by atoms with Gasteiger partial charge in [0, 0.05) is 166 Å². The fraction of sp³-hybridized carbons (Fsp3) is 0.241. The maximum absolute atomic E-state index is 15.4. The normalized spacial score (nSPS) is 16.9. The Bertz CT molecular complexity index is 7160. The SMILES string of the molecule is COc1ccc(CN2C(=O)c3cccc4c(Cc5ccc(CN6CCN(c7ccc(C#N)cc7F)CC6)c(F)c5)ccc2c34)cc1.N#Cc1ccc(N2CCN(Cc3ccc(Cc4ccc5c6c(cccc46)C(=O)N5)cc3F)CC2)c(F)c1.N#Cc1ccc(N2CCN(Cc3ccc(Cc4ccc5c6c(cccc46)C(=O)N5C4CCC(=O)NC4=O)cc3F)CC2)c(F)c1.O=C1CCC(Br)C(=O)N1. The number of anilines is 6. The van der Waals surface area contributed by atoms with Crippen LogP contribution in [0.3, 0.4) is 0 Å². The van der Waals surface area contributed by atoms with E-state index >= 15 is 13.2 Å². The third kappa shape index (κ3) is 19.8. The first-order chi connectivity index (χ1) is 66.4. The van der Waals surface area contributed by atoms with Gasteiger partial charge in [0.15, 0.2) is 0 Å². The van der Waals surface area contributed by atoms with Gasteiger partial charge < -0.3 is 29.7 Å². The molecular formula is C108H91BrF6N14O8. The third-order valence-corrected chi connectivity index (χ3v) is 27.5. The first-order valence-corrected chi connectivity index (χ1v) is 46.2. The Morgan fingerprint density at radius 2 is 0.745 bits per heavy atom. The van der Waals surface area contributed by atoms with Crippen LogP contribution in [-0.2, 0) is 64.6 Å². The van der Waals surface area contributed by atoms with E-state index in [1.807, 2.05) is 183 Å². The molecule has 0 aromatic heterocycles. The summed E-state index contributed by atoms with van der Waals surface area (Å²) in [6, 6.07) is 71.3. The van der Waals surface area contributed by atoms with Gasteiger partial charge in [0.05, 0.1) is 81.8 Å². The lowest BCUT2D eigenvalue weighted by Gasteiger charge is -2.36. The predicted octanol–water partition coefficient (Wildman–Crippen LogP) is 17.4. The molecule has 0 radical (unpaired) electrons. The van der Waals surface area contributed by atoms with E-state index < -0.39 is 29.4 Å². The van der Waals surface area contributed by atoms with Crippen LogP contribution in [-0.4, -0.2) is 153 Å². The fourth-order valence-corrected chi connectivity index (χ4v) is 19.7. The summed E-state index contributed by atoms with van der Waals surface area (Å²) in [5.41, 5.74) is 15.0. The standard InChI is InChI=1S/C38H32F2N4O2.C35H29F2N5O3.C30H24F2N4O.C5H6BrNO2/c1-46-30-11-6-25(7-12-30)23-44-36-14-10-28(31-3-2-4-32(37(31)36)38(44)45)19-26-5-9-29(33(39)20-26)24-42-15-17-43(18-16-42)35-13-8-27(22-41)21-34(35)40;36-27-17-21(4-6-24(27)20-40-12-14-41(15-13-40)29-8-5-22(19-38)18-28(29)37)16-23-7-9-30-33-25(23)2-1-3-26(33)35(45)42(30)31-10-11-32(43)39-34(31)44;31-25-15-19(14-21-7-8-27-29-23(21)2-1-3-24(29)30(37)34-27)4-6-22(25)18-35-10-12-36(13-11-35)28-9-5-20(17-33)16-26(28)32;6-3-1-2-4(8)7-5(3)9/h2-14,20-21H,15-19,23-24H2,1H3;1-9,17-18,31H,10-16,20H2,(H,39,43,44);1-9,15-16H,10-14,18H2,(H,34,37);3H,1-2H2,(H,7,8,9). The largest absolute Gasteiger partial charge is 0.497 e. The van der Waals surface area contributed by atoms with Crippen LogP contribution in [0.5, 0.6) is 5.75 Å². The van der Waals surface area contributed by atoms with Gasteiger partial charge in [-0.1, -0.05) is 119 Å². The number of nitrogens with zero attached hydrogens (tertiary/aromatic N) is 11. The predicted molar refractivity (Wildman–Crippen MR) is 515 cm³/mol. The number of nitriles is 3. The van der Waals surface area contributed by atoms with Crippen LogP contribution in [0.4, 0.5) is 60.5 Å². The zero-order chi connectivity index (χ0) is 95.4. The first kappa shape index (κ1) is 92.4. The number of hydrogen-bond donors (Lipinski definition) is 3. The summed E-state index contributed by atoms with van der Waals surface area (Å²) in [6.45, 7) is 9.58. The van der Waals surface area contributed by atoms with Gasteiger partial charge >= 0.3 is 0 Å². The molecule has 8 aliphatic heterocycles. The molecule has 0 spiro atoms. The number of hydrogen-bond acceptors (Lipinski definition) is 17. The van der Waals surface area contributed by atoms with Crippen molar-refractivity contribution in [2.24, 2.45) is 0 Å². The van der Waals surface area contributed by atoms with E-state index in [2.05, 4.69) is 46.6 Å². The van der Waals surface area contributed by atoms with Crippen molar-refractivity contribution in [2.45, 2.75) is 82.0 Å². The molecule has 0 saturated carbocycles. The maximum Gasteiger partial charge on any atom is 0.259 e. The summed E-state index contributed by atoms with van der Waals surface area (Å²) in [6.07, 6.45) is 3.07. The van der Waals surface area contributed by atoms with Crippen LogP contribution in [0.2, 0.25) is 0 Å². The summed E-state index contributed by atoms with van der Waals surface area (Å²) < 4.78 is 94.5. The summed E-state index contributed by atoms with van der Waals surface area (Å²) in [5.74, 6) is -2.77. The van der Waals surface area contributed by atoms with Crippen LogP contribution >= 0.6 is 15.9 Å². The van der Waals surface area contributed by atoms with E-state index in [-0.39, 0.29) is 76.1 Å². The van der Waals surface area contributed by atoms with Gasteiger partial charge in [-0.15, -0.1) is 0 Å². The van der Waals surface area contributed by atoms with Crippen molar-refractivity contribution < 1.29 is 64.6 Å². The van der Waals surface area contributed by atoms with E-state index in [0.717, 1.165) is 88.4 Å². The number of carbonyl (C=O) groups is 7. The quantitative estimate of drug-likeness (QED) is 0.0386. The van der Waals surface area contributed by atoms with Gasteiger partial charge in [0.2, 0.25) is 23.6 Å². The number of rotatable bonds is 19. The lowest BCUT2D eigenvalue weighted by atomic mass is 9.95. The lowest BCUT2D eigenvalue weighted by molar-refractivity contribution is -0.135. The van der Waals surface area contributed by atoms with Crippen LogP contribution in [0.1, 0.15) is 129 Å². The van der Waals surface area contributed by atoms with E-state index in [4.69, 9.17) is 20.5 Å². The zero-order valence-electron chi connectivity index (χ0n) is 74.6. The smallest absolute Gasteiger partial charge is 0.259 e. The van der Waals surface area contributed by atoms with Crippen molar-refractivity contribution in [1.82, 2.24) is 25.3 Å². The molecule has 2 atom stereocenters. The molecule has 21 rings (SSSR count). The van der Waals surface area contributed by atoms with Gasteiger partial charge in [0.1, 0.15) is 46.7 Å². The van der Waals surface area contributed by atoms with E-state index in [0.29, 0.717) is 204 Å². The van der Waals surface area contributed by atoms with Crippen molar-refractivity contribution in [3.63, 3.8) is 0 Å². The highest BCUT2D eigenvalue weighted by Crippen LogP contribution is 2.45. The van der Waals surface area contributed by atoms with Crippen molar-refractivity contribution in [3.8, 4) is 24.0 Å². The van der Waals surface area contributed by atoms with Gasteiger partial charge in [-0.25, -0.2) is 26.3 Å². The Kier molecular flexibility index (Phi) is 27.1. The van der Waals surface area contributed by atoms with Crippen molar-refractivity contribution >= 4 is 124 Å². The van der Waals surface area contributed by atoms with E-state index in [1.54, 1.807) is 67.8 Å². The van der Waals surface area contributed by atoms with Gasteiger partial charge in [-0.2, -0.15) is 15.8 Å². The average molecular weight is 1910 g/mol. The highest BCUT2D eigenvalue weighted by molar-refractivity contribution is 9.10. The Balaban J connectivity index is 0.000000131. The molecule has 8 heterocycles. The molecule has 5 fully saturated rings. The topological polar surface area (TPSA) is 262 Å². The average Bonchev–Trinajstić information content (AvgIpc) is 1.58. The number of benzene rings is 13. The molecule has 0 bridgehead atoms. The monoisotopic (exact) mass is 1900 g/mol. The number of halogens is 7. The van der Waals surface area contributed by atoms with Crippen LogP contribution < -0.4 is 45.2 Å². The van der Waals surface area contributed by atoms with Gasteiger partial charge in [0.25, 0.3) is 17.7 Å². The molecule has 137 heavy (non-hydrogen) atoms. The van der Waals surface area contributed by atoms with Crippen molar-refractivity contribution in [1.29, 1.82) is 15.8 Å². The summed E-state index contributed by atoms with van der Waals surface area (Å²) >= 11 is 3.12. The summed E-state index contributed by atoms with van der Waals surface area (Å²) in [7, 11) is 1.63. The van der Waals surface area contributed by atoms with Crippen LogP contribution in [0, 0.1) is 68.9 Å². The summed E-state index contributed by atoms with van der Waals surface area (Å²) in [4.78, 5) is 100. The highest BCUT2D eigenvalue weighted by Gasteiger charge is 2.42. The number of alkyl halides is 1. The van der Waals surface area contributed by atoms with Crippen molar-refractivity contribution in [3.05, 3.63) is 348 Å². The second-order valence-electron chi connectivity index (χ2n) is 35.1. The van der Waals surface area contributed by atoms with Gasteiger partial charge in [-0.3, -0.25) is 63.8 Å². The molecule has 0 aliphatic carbocycles. The molecule has 3 N–H and O–H groups in total. The molecule has 22 nitrogen and oxygen atoms in total.